The molecule has 22 heavy (non-hydrogen) atoms. The molecule has 1 aromatic heterocycles. The number of nitrogens with one attached hydrogen (secondary N) is 2. The predicted octanol–water partition coefficient (Wildman–Crippen LogP) is 4.21. The number of thiophene rings is 1. The van der Waals surface area contributed by atoms with Gasteiger partial charge < -0.3 is 15.4 Å². The Hall–Kier alpha value is -1.92. The lowest BCUT2D eigenvalue weighted by atomic mass is 10.1. The van der Waals surface area contributed by atoms with Gasteiger partial charge in [0.1, 0.15) is 5.00 Å². The summed E-state index contributed by atoms with van der Waals surface area (Å²) >= 11 is 6.82. The highest BCUT2D eigenvalue weighted by molar-refractivity contribution is 7.80. The van der Waals surface area contributed by atoms with Crippen molar-refractivity contribution in [3.63, 3.8) is 0 Å². The van der Waals surface area contributed by atoms with Crippen molar-refractivity contribution < 1.29 is 9.53 Å². The number of esters is 1. The second-order valence-corrected chi connectivity index (χ2v) is 6.35. The average molecular weight is 334 g/mol. The van der Waals surface area contributed by atoms with Crippen molar-refractivity contribution in [3.8, 4) is 0 Å². The van der Waals surface area contributed by atoms with Crippen molar-refractivity contribution in [2.24, 2.45) is 0 Å². The molecule has 6 heteroatoms. The number of ether oxygens (including phenoxy) is 1. The molecule has 0 aliphatic heterocycles. The summed E-state index contributed by atoms with van der Waals surface area (Å²) in [5, 5.41) is 7.40. The van der Waals surface area contributed by atoms with Crippen molar-refractivity contribution in [2.75, 3.05) is 17.7 Å². The van der Waals surface area contributed by atoms with Gasteiger partial charge in [0.25, 0.3) is 0 Å². The number of methoxy groups -OCH3 is 1. The zero-order valence-electron chi connectivity index (χ0n) is 12.7. The third-order valence-corrected chi connectivity index (χ3v) is 4.30. The van der Waals surface area contributed by atoms with Gasteiger partial charge in [-0.2, -0.15) is 0 Å². The molecule has 0 radical (unpaired) electrons. The van der Waals surface area contributed by atoms with Crippen LogP contribution in [-0.4, -0.2) is 18.2 Å². The van der Waals surface area contributed by atoms with E-state index in [0.29, 0.717) is 15.7 Å². The van der Waals surface area contributed by atoms with Gasteiger partial charge in [-0.3, -0.25) is 0 Å². The van der Waals surface area contributed by atoms with Crippen LogP contribution in [0.2, 0.25) is 0 Å². The maximum Gasteiger partial charge on any atom is 0.340 e. The lowest BCUT2D eigenvalue weighted by molar-refractivity contribution is 0.0602. The van der Waals surface area contributed by atoms with Crippen molar-refractivity contribution in [2.45, 2.75) is 20.3 Å². The minimum atomic E-state index is -0.372. The Bertz CT molecular complexity index is 695. The SMILES string of the molecule is CCc1ccccc1NC(=S)Nc1sc(C)cc1C(=O)OC. The van der Waals surface area contributed by atoms with Crippen LogP contribution in [0.15, 0.2) is 30.3 Å². The summed E-state index contributed by atoms with van der Waals surface area (Å²) in [7, 11) is 1.37. The molecule has 1 aromatic carbocycles. The third kappa shape index (κ3) is 3.84. The predicted molar refractivity (Wildman–Crippen MR) is 96.1 cm³/mol. The van der Waals surface area contributed by atoms with Gasteiger partial charge in [-0.1, -0.05) is 25.1 Å². The number of benzene rings is 1. The molecule has 2 N–H and O–H groups in total. The number of aryl methyl sites for hydroxylation is 2. The fraction of sp³-hybridized carbons (Fsp3) is 0.250. The number of hydrogen-bond donors (Lipinski definition) is 2. The molecule has 0 bridgehead atoms. The van der Waals surface area contributed by atoms with E-state index in [-0.39, 0.29) is 5.97 Å². The second kappa shape index (κ2) is 7.38. The Balaban J connectivity index is 2.14. The summed E-state index contributed by atoms with van der Waals surface area (Å²) in [4.78, 5) is 12.8. The van der Waals surface area contributed by atoms with Gasteiger partial charge in [0, 0.05) is 10.6 Å². The van der Waals surface area contributed by atoms with Gasteiger partial charge in [0.2, 0.25) is 0 Å². The summed E-state index contributed by atoms with van der Waals surface area (Å²) in [6.45, 7) is 4.03. The quantitative estimate of drug-likeness (QED) is 0.648. The van der Waals surface area contributed by atoms with Gasteiger partial charge >= 0.3 is 5.97 Å². The Morgan fingerprint density at radius 2 is 2.05 bits per heavy atom. The van der Waals surface area contributed by atoms with E-state index >= 15 is 0 Å². The zero-order valence-corrected chi connectivity index (χ0v) is 14.4. The van der Waals surface area contributed by atoms with Crippen LogP contribution >= 0.6 is 23.6 Å². The highest BCUT2D eigenvalue weighted by Crippen LogP contribution is 2.28. The molecule has 4 nitrogen and oxygen atoms in total. The second-order valence-electron chi connectivity index (χ2n) is 4.68. The van der Waals surface area contributed by atoms with E-state index in [1.807, 2.05) is 25.1 Å². The monoisotopic (exact) mass is 334 g/mol. The molecule has 0 unspecified atom stereocenters. The summed E-state index contributed by atoms with van der Waals surface area (Å²) in [6.07, 6.45) is 0.914. The van der Waals surface area contributed by atoms with Crippen molar-refractivity contribution in [3.05, 3.63) is 46.3 Å². The number of anilines is 2. The van der Waals surface area contributed by atoms with E-state index in [1.165, 1.54) is 24.0 Å². The van der Waals surface area contributed by atoms with E-state index in [9.17, 15) is 4.79 Å². The van der Waals surface area contributed by atoms with E-state index in [2.05, 4.69) is 23.6 Å². The number of rotatable bonds is 4. The highest BCUT2D eigenvalue weighted by atomic mass is 32.1. The normalized spacial score (nSPS) is 10.1. The average Bonchev–Trinajstić information content (AvgIpc) is 2.87. The molecule has 0 atom stereocenters. The number of hydrogen-bond acceptors (Lipinski definition) is 4. The summed E-state index contributed by atoms with van der Waals surface area (Å²) < 4.78 is 4.79. The summed E-state index contributed by atoms with van der Waals surface area (Å²) in [5.74, 6) is -0.372. The van der Waals surface area contributed by atoms with Gasteiger partial charge in [-0.25, -0.2) is 4.79 Å². The molecule has 0 amide bonds. The molecule has 116 valence electrons. The first-order valence-corrected chi connectivity index (χ1v) is 8.12. The minimum Gasteiger partial charge on any atom is -0.465 e. The topological polar surface area (TPSA) is 50.4 Å². The van der Waals surface area contributed by atoms with Gasteiger partial charge in [-0.15, -0.1) is 11.3 Å². The first kappa shape index (κ1) is 16.5. The number of carbonyl (C=O) groups is 1. The molecule has 1 heterocycles. The van der Waals surface area contributed by atoms with Crippen LogP contribution in [0.25, 0.3) is 0 Å². The van der Waals surface area contributed by atoms with Crippen molar-refractivity contribution in [1.29, 1.82) is 0 Å². The molecule has 2 aromatic rings. The Labute approximate surface area is 139 Å². The van der Waals surface area contributed by atoms with Gasteiger partial charge in [-0.05, 0) is 43.3 Å². The molecule has 0 aliphatic rings. The van der Waals surface area contributed by atoms with Crippen LogP contribution in [-0.2, 0) is 11.2 Å². The third-order valence-electron chi connectivity index (χ3n) is 3.13. The maximum absolute atomic E-state index is 11.8. The largest absolute Gasteiger partial charge is 0.465 e. The standard InChI is InChI=1S/C16H18N2O2S2/c1-4-11-7-5-6-8-13(11)17-16(21)18-14-12(15(19)20-3)9-10(2)22-14/h5-9H,4H2,1-3H3,(H2,17,18,21). The van der Waals surface area contributed by atoms with E-state index in [0.717, 1.165) is 17.0 Å². The molecule has 0 saturated heterocycles. The molecular weight excluding hydrogens is 316 g/mol. The lowest BCUT2D eigenvalue weighted by Crippen LogP contribution is -2.20. The van der Waals surface area contributed by atoms with Crippen LogP contribution in [0.1, 0.15) is 27.7 Å². The van der Waals surface area contributed by atoms with Crippen molar-refractivity contribution in [1.82, 2.24) is 0 Å². The van der Waals surface area contributed by atoms with Crippen molar-refractivity contribution >= 4 is 45.3 Å². The number of para-hydroxylation sites is 1. The van der Waals surface area contributed by atoms with E-state index in [4.69, 9.17) is 17.0 Å². The lowest BCUT2D eigenvalue weighted by Gasteiger charge is -2.13. The fourth-order valence-corrected chi connectivity index (χ4v) is 3.26. The maximum atomic E-state index is 11.8. The van der Waals surface area contributed by atoms with E-state index < -0.39 is 0 Å². The van der Waals surface area contributed by atoms with Crippen LogP contribution in [0.3, 0.4) is 0 Å². The smallest absolute Gasteiger partial charge is 0.340 e. The Kier molecular flexibility index (Phi) is 5.51. The highest BCUT2D eigenvalue weighted by Gasteiger charge is 2.16. The molecule has 2 rings (SSSR count). The number of carbonyl (C=O) groups excluding carboxylic acids is 1. The van der Waals surface area contributed by atoms with E-state index in [1.54, 1.807) is 6.07 Å². The minimum absolute atomic E-state index is 0.372. The molecule has 0 aliphatic carbocycles. The van der Waals surface area contributed by atoms with Crippen LogP contribution in [0.4, 0.5) is 10.7 Å². The Morgan fingerprint density at radius 3 is 2.73 bits per heavy atom. The van der Waals surface area contributed by atoms with Crippen LogP contribution in [0.5, 0.6) is 0 Å². The first-order chi connectivity index (χ1) is 10.5. The van der Waals surface area contributed by atoms with Crippen LogP contribution in [0, 0.1) is 6.92 Å². The molecule has 0 saturated carbocycles. The zero-order chi connectivity index (χ0) is 16.1. The van der Waals surface area contributed by atoms with Gasteiger partial charge in [0.05, 0.1) is 12.7 Å². The number of thiocarbonyl (C=S) groups is 1. The molecule has 0 spiro atoms. The van der Waals surface area contributed by atoms with Crippen LogP contribution < -0.4 is 10.6 Å². The molecule has 0 fully saturated rings. The fourth-order valence-electron chi connectivity index (χ4n) is 2.08. The Morgan fingerprint density at radius 1 is 1.32 bits per heavy atom. The summed E-state index contributed by atoms with van der Waals surface area (Å²) in [5.41, 5.74) is 2.65. The first-order valence-electron chi connectivity index (χ1n) is 6.89. The summed E-state index contributed by atoms with van der Waals surface area (Å²) in [6, 6.07) is 9.78. The molecular formula is C16H18N2O2S2. The van der Waals surface area contributed by atoms with Gasteiger partial charge in [0.15, 0.2) is 5.11 Å².